The molecule has 0 spiro atoms. The Morgan fingerprint density at radius 1 is 1.70 bits per heavy atom. The highest BCUT2D eigenvalue weighted by Crippen LogP contribution is 2.14. The van der Waals surface area contributed by atoms with Gasteiger partial charge in [-0.05, 0) is 34.1 Å². The second-order valence-corrected chi connectivity index (χ2v) is 2.45. The zero-order valence-electron chi connectivity index (χ0n) is 5.13. The Hall–Kier alpha value is -0.830. The van der Waals surface area contributed by atoms with Crippen LogP contribution in [0.2, 0.25) is 0 Å². The molecule has 10 heavy (non-hydrogen) atoms. The van der Waals surface area contributed by atoms with Crippen molar-refractivity contribution in [1.29, 1.82) is 0 Å². The molecule has 0 bridgehead atoms. The molecule has 0 aliphatic heterocycles. The van der Waals surface area contributed by atoms with E-state index in [4.69, 9.17) is 4.42 Å². The molecule has 1 rings (SSSR count). The van der Waals surface area contributed by atoms with Crippen molar-refractivity contribution in [3.05, 3.63) is 35.2 Å². The van der Waals surface area contributed by atoms with Gasteiger partial charge in [-0.15, -0.1) is 0 Å². The smallest absolute Gasteiger partial charge is 0.220 e. The highest BCUT2D eigenvalue weighted by atomic mass is 79.9. The molecule has 0 aliphatic carbocycles. The first-order valence-corrected chi connectivity index (χ1v) is 3.45. The van der Waals surface area contributed by atoms with E-state index in [0.717, 1.165) is 0 Å². The molecule has 0 unspecified atom stereocenters. The van der Waals surface area contributed by atoms with Crippen LogP contribution in [0.25, 0.3) is 0 Å². The summed E-state index contributed by atoms with van der Waals surface area (Å²) in [5, 5.41) is 0. The van der Waals surface area contributed by atoms with Crippen LogP contribution in [-0.2, 0) is 0 Å². The Kier molecular flexibility index (Phi) is 2.06. The summed E-state index contributed by atoms with van der Waals surface area (Å²) in [6, 6.07) is 3.25. The van der Waals surface area contributed by atoms with Crippen LogP contribution in [-0.4, -0.2) is 5.78 Å². The normalized spacial score (nSPS) is 9.30. The fourth-order valence-electron chi connectivity index (χ4n) is 0.547. The van der Waals surface area contributed by atoms with E-state index in [-0.39, 0.29) is 5.78 Å². The molecule has 0 aliphatic rings. The Labute approximate surface area is 66.7 Å². The number of furan rings is 1. The van der Waals surface area contributed by atoms with E-state index >= 15 is 0 Å². The summed E-state index contributed by atoms with van der Waals surface area (Å²) in [6.45, 7) is 3.32. The molecule has 52 valence electrons. The Bertz CT molecular complexity index is 262. The predicted molar refractivity (Wildman–Crippen MR) is 40.9 cm³/mol. The van der Waals surface area contributed by atoms with Crippen molar-refractivity contribution in [3.8, 4) is 0 Å². The van der Waals surface area contributed by atoms with Crippen molar-refractivity contribution in [3.63, 3.8) is 0 Å². The van der Waals surface area contributed by atoms with Crippen LogP contribution in [0.3, 0.4) is 0 Å². The van der Waals surface area contributed by atoms with Crippen molar-refractivity contribution in [2.24, 2.45) is 0 Å². The molecule has 1 heterocycles. The predicted octanol–water partition coefficient (Wildman–Crippen LogP) is 2.41. The van der Waals surface area contributed by atoms with Crippen molar-refractivity contribution in [1.82, 2.24) is 0 Å². The lowest BCUT2D eigenvalue weighted by molar-refractivity contribution is 0.102. The van der Waals surface area contributed by atoms with Crippen molar-refractivity contribution in [2.75, 3.05) is 0 Å². The average molecular weight is 201 g/mol. The van der Waals surface area contributed by atoms with E-state index in [1.165, 1.54) is 6.08 Å². The van der Waals surface area contributed by atoms with Crippen LogP contribution in [0.5, 0.6) is 0 Å². The van der Waals surface area contributed by atoms with Crippen LogP contribution in [0.4, 0.5) is 0 Å². The second-order valence-electron chi connectivity index (χ2n) is 1.67. The topological polar surface area (TPSA) is 30.2 Å². The maximum Gasteiger partial charge on any atom is 0.220 e. The Morgan fingerprint density at radius 3 is 2.80 bits per heavy atom. The average Bonchev–Trinajstić information content (AvgIpc) is 2.34. The molecule has 3 heteroatoms. The minimum absolute atomic E-state index is 0.203. The Balaban J connectivity index is 2.95. The van der Waals surface area contributed by atoms with Gasteiger partial charge >= 0.3 is 0 Å². The number of halogens is 1. The van der Waals surface area contributed by atoms with Gasteiger partial charge in [0.25, 0.3) is 0 Å². The fourth-order valence-corrected chi connectivity index (χ4v) is 0.854. The maximum absolute atomic E-state index is 10.8. The van der Waals surface area contributed by atoms with Crippen LogP contribution in [0.1, 0.15) is 10.6 Å². The molecule has 0 amide bonds. The summed E-state index contributed by atoms with van der Waals surface area (Å²) in [6.07, 6.45) is 1.21. The number of hydrogen-bond acceptors (Lipinski definition) is 2. The fraction of sp³-hybridized carbons (Fsp3) is 0. The molecule has 0 aromatic carbocycles. The lowest BCUT2D eigenvalue weighted by atomic mass is 10.3. The number of rotatable bonds is 2. The lowest BCUT2D eigenvalue weighted by Gasteiger charge is -1.83. The zero-order chi connectivity index (χ0) is 7.56. The van der Waals surface area contributed by atoms with Gasteiger partial charge in [0, 0.05) is 0 Å². The van der Waals surface area contributed by atoms with Gasteiger partial charge in [-0.25, -0.2) is 0 Å². The van der Waals surface area contributed by atoms with Crippen LogP contribution >= 0.6 is 15.9 Å². The molecule has 0 atom stereocenters. The van der Waals surface area contributed by atoms with Crippen LogP contribution in [0.15, 0.2) is 33.9 Å². The number of carbonyl (C=O) groups is 1. The highest BCUT2D eigenvalue weighted by Gasteiger charge is 2.04. The van der Waals surface area contributed by atoms with Gasteiger partial charge < -0.3 is 4.42 Å². The van der Waals surface area contributed by atoms with E-state index in [1.54, 1.807) is 12.1 Å². The first-order valence-electron chi connectivity index (χ1n) is 2.66. The number of carbonyl (C=O) groups excluding carboxylic acids is 1. The molecule has 0 saturated heterocycles. The van der Waals surface area contributed by atoms with E-state index in [2.05, 4.69) is 22.5 Å². The standard InChI is InChI=1S/C7H5BrO2/c1-2-5(9)6-3-4-7(8)10-6/h2-4H,1H2. The van der Waals surface area contributed by atoms with Gasteiger partial charge in [0.1, 0.15) is 0 Å². The third-order valence-electron chi connectivity index (χ3n) is 1.00. The number of allylic oxidation sites excluding steroid dienone is 1. The van der Waals surface area contributed by atoms with E-state index < -0.39 is 0 Å². The minimum Gasteiger partial charge on any atom is -0.446 e. The van der Waals surface area contributed by atoms with Gasteiger partial charge in [0.05, 0.1) is 0 Å². The van der Waals surface area contributed by atoms with Crippen LogP contribution in [0, 0.1) is 0 Å². The molecule has 0 fully saturated rings. The SMILES string of the molecule is C=CC(=O)c1ccc(Br)o1. The molecule has 2 nitrogen and oxygen atoms in total. The van der Waals surface area contributed by atoms with Gasteiger partial charge in [0.15, 0.2) is 10.4 Å². The lowest BCUT2D eigenvalue weighted by Crippen LogP contribution is -1.88. The third kappa shape index (κ3) is 1.36. The van der Waals surface area contributed by atoms with Gasteiger partial charge in [-0.3, -0.25) is 4.79 Å². The van der Waals surface area contributed by atoms with E-state index in [1.807, 2.05) is 0 Å². The van der Waals surface area contributed by atoms with Crippen molar-refractivity contribution < 1.29 is 9.21 Å². The maximum atomic E-state index is 10.8. The number of hydrogen-bond donors (Lipinski definition) is 0. The summed E-state index contributed by atoms with van der Waals surface area (Å²) in [5.41, 5.74) is 0. The van der Waals surface area contributed by atoms with Crippen LogP contribution < -0.4 is 0 Å². The first kappa shape index (κ1) is 7.28. The largest absolute Gasteiger partial charge is 0.446 e. The molecule has 0 N–H and O–H groups in total. The van der Waals surface area contributed by atoms with Gasteiger partial charge in [-0.1, -0.05) is 6.58 Å². The molecule has 0 radical (unpaired) electrons. The zero-order valence-corrected chi connectivity index (χ0v) is 6.72. The molecule has 1 aromatic rings. The monoisotopic (exact) mass is 200 g/mol. The van der Waals surface area contributed by atoms with Crippen molar-refractivity contribution in [2.45, 2.75) is 0 Å². The third-order valence-corrected chi connectivity index (χ3v) is 1.43. The molecule has 1 aromatic heterocycles. The van der Waals surface area contributed by atoms with Gasteiger partial charge in [-0.2, -0.15) is 0 Å². The molecular weight excluding hydrogens is 196 g/mol. The van der Waals surface area contributed by atoms with E-state index in [0.29, 0.717) is 10.4 Å². The summed E-state index contributed by atoms with van der Waals surface area (Å²) in [7, 11) is 0. The molecule has 0 saturated carbocycles. The Morgan fingerprint density at radius 2 is 2.40 bits per heavy atom. The number of ketones is 1. The summed E-state index contributed by atoms with van der Waals surface area (Å²) < 4.78 is 5.49. The molecular formula is C7H5BrO2. The minimum atomic E-state index is -0.203. The summed E-state index contributed by atoms with van der Waals surface area (Å²) in [5.74, 6) is 0.104. The summed E-state index contributed by atoms with van der Waals surface area (Å²) in [4.78, 5) is 10.8. The summed E-state index contributed by atoms with van der Waals surface area (Å²) >= 11 is 3.08. The van der Waals surface area contributed by atoms with Crippen molar-refractivity contribution >= 4 is 21.7 Å². The van der Waals surface area contributed by atoms with E-state index in [9.17, 15) is 4.79 Å². The second kappa shape index (κ2) is 2.84. The van der Waals surface area contributed by atoms with Gasteiger partial charge in [0.2, 0.25) is 5.78 Å². The highest BCUT2D eigenvalue weighted by molar-refractivity contribution is 9.10. The first-order chi connectivity index (χ1) is 4.74. The quantitative estimate of drug-likeness (QED) is 0.543.